The molecule has 2 rings (SSSR count). The zero-order valence-electron chi connectivity index (χ0n) is 9.98. The third kappa shape index (κ3) is 2.86. The van der Waals surface area contributed by atoms with E-state index in [1.165, 1.54) is 25.7 Å². The highest BCUT2D eigenvalue weighted by molar-refractivity contribution is 5.05. The molecular weight excluding hydrogens is 202 g/mol. The molecule has 1 aliphatic rings. The van der Waals surface area contributed by atoms with E-state index in [0.717, 1.165) is 24.6 Å². The van der Waals surface area contributed by atoms with Crippen molar-refractivity contribution in [3.8, 4) is 0 Å². The van der Waals surface area contributed by atoms with E-state index in [-0.39, 0.29) is 6.61 Å². The van der Waals surface area contributed by atoms with Crippen molar-refractivity contribution >= 4 is 0 Å². The topological polar surface area (TPSA) is 36.6 Å². The number of aliphatic hydroxyl groups is 1. The summed E-state index contributed by atoms with van der Waals surface area (Å²) in [5, 5.41) is 9.11. The average Bonchev–Trinajstić information content (AvgIpc) is 2.88. The minimum atomic E-state index is 0.232. The van der Waals surface area contributed by atoms with Crippen molar-refractivity contribution < 1.29 is 9.52 Å². The van der Waals surface area contributed by atoms with Crippen LogP contribution in [0.4, 0.5) is 0 Å². The Balaban J connectivity index is 1.96. The summed E-state index contributed by atoms with van der Waals surface area (Å²) < 4.78 is 5.60. The van der Waals surface area contributed by atoms with Gasteiger partial charge in [-0.25, -0.2) is 0 Å². The van der Waals surface area contributed by atoms with Gasteiger partial charge in [0.2, 0.25) is 0 Å². The Bertz CT molecular complexity index is 315. The fraction of sp³-hybridized carbons (Fsp3) is 0.692. The molecule has 0 saturated heterocycles. The van der Waals surface area contributed by atoms with Gasteiger partial charge in [0.1, 0.15) is 11.5 Å². The summed E-state index contributed by atoms with van der Waals surface area (Å²) >= 11 is 0. The Kier molecular flexibility index (Phi) is 4.02. The normalized spacial score (nSPS) is 17.4. The van der Waals surface area contributed by atoms with Crippen LogP contribution in [0.1, 0.15) is 37.2 Å². The van der Waals surface area contributed by atoms with Crippen molar-refractivity contribution in [3.05, 3.63) is 23.7 Å². The van der Waals surface area contributed by atoms with Crippen molar-refractivity contribution in [1.82, 2.24) is 4.90 Å². The first kappa shape index (κ1) is 11.7. The third-order valence-corrected chi connectivity index (χ3v) is 3.38. The number of aryl methyl sites for hydroxylation is 1. The van der Waals surface area contributed by atoms with Gasteiger partial charge in [0.05, 0.1) is 13.2 Å². The molecule has 0 radical (unpaired) electrons. The van der Waals surface area contributed by atoms with E-state index < -0.39 is 0 Å². The smallest absolute Gasteiger partial charge is 0.118 e. The number of hydrogen-bond donors (Lipinski definition) is 1. The highest BCUT2D eigenvalue weighted by Crippen LogP contribution is 2.25. The van der Waals surface area contributed by atoms with Gasteiger partial charge in [0.15, 0.2) is 0 Å². The summed E-state index contributed by atoms with van der Waals surface area (Å²) in [5.74, 6) is 1.98. The Hall–Kier alpha value is -0.800. The fourth-order valence-electron chi connectivity index (χ4n) is 2.56. The van der Waals surface area contributed by atoms with E-state index in [1.807, 2.05) is 19.1 Å². The highest BCUT2D eigenvalue weighted by Gasteiger charge is 2.22. The number of furan rings is 1. The van der Waals surface area contributed by atoms with E-state index in [0.29, 0.717) is 6.04 Å². The predicted molar refractivity (Wildman–Crippen MR) is 63.2 cm³/mol. The van der Waals surface area contributed by atoms with Gasteiger partial charge in [0, 0.05) is 12.6 Å². The first-order valence-corrected chi connectivity index (χ1v) is 6.20. The van der Waals surface area contributed by atoms with E-state index in [9.17, 15) is 0 Å². The highest BCUT2D eigenvalue weighted by atomic mass is 16.3. The van der Waals surface area contributed by atoms with E-state index in [2.05, 4.69) is 4.90 Å². The molecule has 0 bridgehead atoms. The molecule has 1 heterocycles. The fourth-order valence-corrected chi connectivity index (χ4v) is 2.56. The number of hydrogen-bond acceptors (Lipinski definition) is 3. The van der Waals surface area contributed by atoms with Gasteiger partial charge < -0.3 is 9.52 Å². The maximum absolute atomic E-state index is 9.11. The maximum Gasteiger partial charge on any atom is 0.118 e. The van der Waals surface area contributed by atoms with Crippen LogP contribution in [0.25, 0.3) is 0 Å². The molecule has 0 aromatic carbocycles. The lowest BCUT2D eigenvalue weighted by Crippen LogP contribution is -2.34. The van der Waals surface area contributed by atoms with Gasteiger partial charge in [-0.15, -0.1) is 0 Å². The molecule has 1 N–H and O–H groups in total. The summed E-state index contributed by atoms with van der Waals surface area (Å²) in [6, 6.07) is 4.67. The lowest BCUT2D eigenvalue weighted by Gasteiger charge is -2.26. The van der Waals surface area contributed by atoms with Gasteiger partial charge in [-0.2, -0.15) is 0 Å². The standard InChI is InChI=1S/C13H21NO2/c1-11-6-7-13(16-11)10-14(8-9-15)12-4-2-3-5-12/h6-7,12,15H,2-5,8-10H2,1H3. The van der Waals surface area contributed by atoms with E-state index in [4.69, 9.17) is 9.52 Å². The van der Waals surface area contributed by atoms with Crippen LogP contribution in [-0.2, 0) is 6.54 Å². The quantitative estimate of drug-likeness (QED) is 0.832. The van der Waals surface area contributed by atoms with Crippen LogP contribution < -0.4 is 0 Å². The largest absolute Gasteiger partial charge is 0.465 e. The molecule has 0 unspecified atom stereocenters. The van der Waals surface area contributed by atoms with Gasteiger partial charge >= 0.3 is 0 Å². The Morgan fingerprint density at radius 2 is 2.12 bits per heavy atom. The molecule has 0 atom stereocenters. The molecule has 1 aromatic rings. The van der Waals surface area contributed by atoms with Crippen molar-refractivity contribution in [2.75, 3.05) is 13.2 Å². The monoisotopic (exact) mass is 223 g/mol. The van der Waals surface area contributed by atoms with Gasteiger partial charge in [0.25, 0.3) is 0 Å². The summed E-state index contributed by atoms with van der Waals surface area (Å²) in [5.41, 5.74) is 0. The molecule has 90 valence electrons. The van der Waals surface area contributed by atoms with Gasteiger partial charge in [-0.05, 0) is 31.9 Å². The summed E-state index contributed by atoms with van der Waals surface area (Å²) in [7, 11) is 0. The van der Waals surface area contributed by atoms with Crippen LogP contribution in [0.15, 0.2) is 16.5 Å². The SMILES string of the molecule is Cc1ccc(CN(CCO)C2CCCC2)o1. The zero-order valence-corrected chi connectivity index (χ0v) is 9.98. The van der Waals surface area contributed by atoms with Crippen LogP contribution >= 0.6 is 0 Å². The minimum absolute atomic E-state index is 0.232. The van der Waals surface area contributed by atoms with E-state index >= 15 is 0 Å². The molecular formula is C13H21NO2. The van der Waals surface area contributed by atoms with Crippen molar-refractivity contribution in [2.45, 2.75) is 45.2 Å². The second-order valence-corrected chi connectivity index (χ2v) is 4.64. The first-order valence-electron chi connectivity index (χ1n) is 6.20. The number of rotatable bonds is 5. The van der Waals surface area contributed by atoms with Crippen LogP contribution in [-0.4, -0.2) is 29.2 Å². The molecule has 0 aliphatic heterocycles. The van der Waals surface area contributed by atoms with Gasteiger partial charge in [-0.3, -0.25) is 4.90 Å². The van der Waals surface area contributed by atoms with Crippen LogP contribution in [0.5, 0.6) is 0 Å². The Labute approximate surface area is 97.1 Å². The average molecular weight is 223 g/mol. The molecule has 3 heteroatoms. The van der Waals surface area contributed by atoms with Gasteiger partial charge in [-0.1, -0.05) is 12.8 Å². The molecule has 0 amide bonds. The predicted octanol–water partition coefficient (Wildman–Crippen LogP) is 2.32. The Morgan fingerprint density at radius 1 is 1.38 bits per heavy atom. The van der Waals surface area contributed by atoms with Crippen LogP contribution in [0.3, 0.4) is 0 Å². The number of aliphatic hydroxyl groups excluding tert-OH is 1. The summed E-state index contributed by atoms with van der Waals surface area (Å²) in [4.78, 5) is 2.35. The molecule has 1 aliphatic carbocycles. The van der Waals surface area contributed by atoms with Crippen molar-refractivity contribution in [1.29, 1.82) is 0 Å². The maximum atomic E-state index is 9.11. The second kappa shape index (κ2) is 5.51. The minimum Gasteiger partial charge on any atom is -0.465 e. The lowest BCUT2D eigenvalue weighted by molar-refractivity contribution is 0.135. The van der Waals surface area contributed by atoms with Crippen molar-refractivity contribution in [2.24, 2.45) is 0 Å². The zero-order chi connectivity index (χ0) is 11.4. The molecule has 1 aromatic heterocycles. The summed E-state index contributed by atoms with van der Waals surface area (Å²) in [6.45, 7) is 3.79. The van der Waals surface area contributed by atoms with E-state index in [1.54, 1.807) is 0 Å². The molecule has 1 saturated carbocycles. The lowest BCUT2D eigenvalue weighted by atomic mass is 10.2. The first-order chi connectivity index (χ1) is 7.79. The summed E-state index contributed by atoms with van der Waals surface area (Å²) in [6.07, 6.45) is 5.17. The van der Waals surface area contributed by atoms with Crippen LogP contribution in [0.2, 0.25) is 0 Å². The third-order valence-electron chi connectivity index (χ3n) is 3.38. The molecule has 3 nitrogen and oxygen atoms in total. The van der Waals surface area contributed by atoms with Crippen molar-refractivity contribution in [3.63, 3.8) is 0 Å². The Morgan fingerprint density at radius 3 is 2.69 bits per heavy atom. The molecule has 0 spiro atoms. The number of nitrogens with zero attached hydrogens (tertiary/aromatic N) is 1. The second-order valence-electron chi connectivity index (χ2n) is 4.64. The molecule has 1 fully saturated rings. The van der Waals surface area contributed by atoms with Crippen LogP contribution in [0, 0.1) is 6.92 Å². The molecule has 16 heavy (non-hydrogen) atoms.